The monoisotopic (exact) mass is 410 g/mol. The molecule has 3 rings (SSSR count). The summed E-state index contributed by atoms with van der Waals surface area (Å²) in [4.78, 5) is 38.2. The fourth-order valence-electron chi connectivity index (χ4n) is 3.49. The second kappa shape index (κ2) is 8.64. The lowest BCUT2D eigenvalue weighted by molar-refractivity contribution is -0.139. The Labute approximate surface area is 172 Å². The quantitative estimate of drug-likeness (QED) is 0.388. The molecule has 30 heavy (non-hydrogen) atoms. The van der Waals surface area contributed by atoms with Gasteiger partial charge < -0.3 is 15.9 Å². The van der Waals surface area contributed by atoms with Crippen molar-refractivity contribution in [3.63, 3.8) is 0 Å². The molecule has 1 aliphatic heterocycles. The Hall–Kier alpha value is -3.88. The molecule has 0 radical (unpaired) electrons. The first-order valence-electron chi connectivity index (χ1n) is 9.33. The lowest BCUT2D eigenvalue weighted by Gasteiger charge is -2.20. The van der Waals surface area contributed by atoms with E-state index in [2.05, 4.69) is 0 Å². The van der Waals surface area contributed by atoms with Gasteiger partial charge >= 0.3 is 18.0 Å². The summed E-state index contributed by atoms with van der Waals surface area (Å²) < 4.78 is 0. The first kappa shape index (κ1) is 20.8. The van der Waals surface area contributed by atoms with E-state index < -0.39 is 17.9 Å². The Morgan fingerprint density at radius 2 is 1.33 bits per heavy atom. The van der Waals surface area contributed by atoms with Gasteiger partial charge in [0.15, 0.2) is 0 Å². The first-order chi connectivity index (χ1) is 14.3. The fourth-order valence-corrected chi connectivity index (χ4v) is 3.49. The predicted octanol–water partition coefficient (Wildman–Crippen LogP) is 2.45. The summed E-state index contributed by atoms with van der Waals surface area (Å²) in [6.07, 6.45) is -0.559. The summed E-state index contributed by atoms with van der Waals surface area (Å²) in [5, 5.41) is 25.5. The fraction of sp³-hybridized carbons (Fsp3) is 0.238. The number of nitrogens with one attached hydrogen (secondary N) is 1. The average Bonchev–Trinajstić information content (AvgIpc) is 3.08. The Morgan fingerprint density at radius 3 is 1.73 bits per heavy atom. The van der Waals surface area contributed by atoms with Crippen LogP contribution in [0, 0.1) is 5.41 Å². The van der Waals surface area contributed by atoms with Gasteiger partial charge in [-0.2, -0.15) is 0 Å². The zero-order valence-electron chi connectivity index (χ0n) is 16.1. The minimum Gasteiger partial charge on any atom is -0.481 e. The van der Waals surface area contributed by atoms with Crippen molar-refractivity contribution in [2.75, 3.05) is 22.9 Å². The van der Waals surface area contributed by atoms with Crippen molar-refractivity contribution in [3.8, 4) is 0 Å². The Kier molecular flexibility index (Phi) is 6.01. The van der Waals surface area contributed by atoms with Crippen LogP contribution in [0.4, 0.5) is 16.2 Å². The van der Waals surface area contributed by atoms with Gasteiger partial charge in [0.05, 0.1) is 12.8 Å². The SMILES string of the molecule is N=C(N)c1ccc(N2CCN(c3ccc(C(CC(=O)O)CC(=O)O)cc3)C2=O)cc1. The zero-order chi connectivity index (χ0) is 21.8. The van der Waals surface area contributed by atoms with Crippen molar-refractivity contribution in [2.45, 2.75) is 18.8 Å². The molecule has 5 N–H and O–H groups in total. The van der Waals surface area contributed by atoms with E-state index in [1.807, 2.05) is 0 Å². The maximum Gasteiger partial charge on any atom is 0.329 e. The van der Waals surface area contributed by atoms with Crippen LogP contribution in [0.3, 0.4) is 0 Å². The molecule has 0 spiro atoms. The summed E-state index contributed by atoms with van der Waals surface area (Å²) in [6, 6.07) is 13.4. The van der Waals surface area contributed by atoms with Crippen LogP contribution in [0.2, 0.25) is 0 Å². The normalized spacial score (nSPS) is 13.7. The molecule has 1 heterocycles. The van der Waals surface area contributed by atoms with E-state index in [1.54, 1.807) is 58.3 Å². The highest BCUT2D eigenvalue weighted by molar-refractivity contribution is 6.06. The summed E-state index contributed by atoms with van der Waals surface area (Å²) >= 11 is 0. The highest BCUT2D eigenvalue weighted by atomic mass is 16.4. The lowest BCUT2D eigenvalue weighted by Crippen LogP contribution is -2.31. The summed E-state index contributed by atoms with van der Waals surface area (Å²) in [6.45, 7) is 0.959. The summed E-state index contributed by atoms with van der Waals surface area (Å²) in [5.41, 5.74) is 7.99. The topological polar surface area (TPSA) is 148 Å². The third-order valence-electron chi connectivity index (χ3n) is 5.02. The van der Waals surface area contributed by atoms with Gasteiger partial charge in [-0.25, -0.2) is 4.79 Å². The number of rotatable bonds is 8. The van der Waals surface area contributed by atoms with Gasteiger partial charge in [0.25, 0.3) is 0 Å². The molecule has 9 nitrogen and oxygen atoms in total. The number of nitrogen functional groups attached to an aromatic ring is 1. The van der Waals surface area contributed by atoms with E-state index in [4.69, 9.17) is 21.4 Å². The Morgan fingerprint density at radius 1 is 0.900 bits per heavy atom. The molecule has 2 amide bonds. The number of aliphatic carboxylic acids is 2. The van der Waals surface area contributed by atoms with Crippen LogP contribution in [0.1, 0.15) is 29.9 Å². The molecule has 1 fully saturated rings. The zero-order valence-corrected chi connectivity index (χ0v) is 16.1. The van der Waals surface area contributed by atoms with Gasteiger partial charge in [-0.3, -0.25) is 24.8 Å². The predicted molar refractivity (Wildman–Crippen MR) is 111 cm³/mol. The van der Waals surface area contributed by atoms with Crippen LogP contribution in [-0.2, 0) is 9.59 Å². The number of hydrogen-bond donors (Lipinski definition) is 4. The van der Waals surface area contributed by atoms with Gasteiger partial charge in [0.1, 0.15) is 5.84 Å². The van der Waals surface area contributed by atoms with Crippen LogP contribution in [0.5, 0.6) is 0 Å². The molecule has 0 atom stereocenters. The van der Waals surface area contributed by atoms with Gasteiger partial charge in [-0.15, -0.1) is 0 Å². The van der Waals surface area contributed by atoms with Crippen LogP contribution in [0.15, 0.2) is 48.5 Å². The number of amidine groups is 1. The number of carbonyl (C=O) groups excluding carboxylic acids is 1. The largest absolute Gasteiger partial charge is 0.481 e. The second-order valence-electron chi connectivity index (χ2n) is 7.03. The van der Waals surface area contributed by atoms with Crippen LogP contribution >= 0.6 is 0 Å². The average molecular weight is 410 g/mol. The molecule has 2 aromatic rings. The van der Waals surface area contributed by atoms with Crippen molar-refractivity contribution in [1.29, 1.82) is 5.41 Å². The van der Waals surface area contributed by atoms with Crippen LogP contribution in [0.25, 0.3) is 0 Å². The van der Waals surface area contributed by atoms with Gasteiger partial charge in [0, 0.05) is 35.9 Å². The maximum atomic E-state index is 12.9. The number of urea groups is 1. The molecule has 0 aliphatic carbocycles. The van der Waals surface area contributed by atoms with E-state index in [0.29, 0.717) is 35.6 Å². The van der Waals surface area contributed by atoms with E-state index in [-0.39, 0.29) is 24.7 Å². The van der Waals surface area contributed by atoms with Gasteiger partial charge in [0.2, 0.25) is 0 Å². The van der Waals surface area contributed by atoms with E-state index >= 15 is 0 Å². The Balaban J connectivity index is 1.75. The van der Waals surface area contributed by atoms with Crippen molar-refractivity contribution < 1.29 is 24.6 Å². The first-order valence-corrected chi connectivity index (χ1v) is 9.33. The Bertz CT molecular complexity index is 956. The van der Waals surface area contributed by atoms with E-state index in [9.17, 15) is 14.4 Å². The molecule has 9 heteroatoms. The number of nitrogens with two attached hydrogens (primary N) is 1. The standard InChI is InChI=1S/C21H22N4O5/c22-20(23)14-3-7-17(8-4-14)25-10-9-24(21(25)30)16-5-1-13(2-6-16)15(11-18(26)27)12-19(28)29/h1-8,15H,9-12H2,(H3,22,23)(H,26,27)(H,28,29). The number of benzene rings is 2. The van der Waals surface area contributed by atoms with Crippen molar-refractivity contribution in [3.05, 3.63) is 59.7 Å². The molecule has 1 saturated heterocycles. The third kappa shape index (κ3) is 4.57. The van der Waals surface area contributed by atoms with E-state index in [1.165, 1.54) is 0 Å². The van der Waals surface area contributed by atoms with Crippen molar-refractivity contribution in [2.24, 2.45) is 5.73 Å². The lowest BCUT2D eigenvalue weighted by atomic mass is 9.92. The highest BCUT2D eigenvalue weighted by Crippen LogP contribution is 2.29. The number of amides is 2. The molecule has 0 unspecified atom stereocenters. The third-order valence-corrected chi connectivity index (χ3v) is 5.02. The van der Waals surface area contributed by atoms with Gasteiger partial charge in [-0.1, -0.05) is 12.1 Å². The van der Waals surface area contributed by atoms with Crippen LogP contribution < -0.4 is 15.5 Å². The molecule has 2 aromatic carbocycles. The minimum absolute atomic E-state index is 0.0416. The smallest absolute Gasteiger partial charge is 0.329 e. The molecular weight excluding hydrogens is 388 g/mol. The number of hydrogen-bond acceptors (Lipinski definition) is 4. The number of carbonyl (C=O) groups is 3. The number of anilines is 2. The number of carboxylic acids is 2. The van der Waals surface area contributed by atoms with Gasteiger partial charge in [-0.05, 0) is 42.0 Å². The highest BCUT2D eigenvalue weighted by Gasteiger charge is 2.31. The molecule has 156 valence electrons. The van der Waals surface area contributed by atoms with Crippen LogP contribution in [-0.4, -0.2) is 47.1 Å². The maximum absolute atomic E-state index is 12.9. The molecular formula is C21H22N4O5. The molecule has 0 bridgehead atoms. The molecule has 1 aliphatic rings. The number of carboxylic acid groups (broad SMARTS) is 2. The van der Waals surface area contributed by atoms with Crippen molar-refractivity contribution >= 4 is 35.2 Å². The van der Waals surface area contributed by atoms with E-state index in [0.717, 1.165) is 0 Å². The second-order valence-corrected chi connectivity index (χ2v) is 7.03. The van der Waals surface area contributed by atoms with Crippen molar-refractivity contribution in [1.82, 2.24) is 0 Å². The molecule has 0 aromatic heterocycles. The minimum atomic E-state index is -1.06. The number of nitrogens with zero attached hydrogens (tertiary/aromatic N) is 2. The summed E-state index contributed by atoms with van der Waals surface area (Å²) in [5.74, 6) is -2.81. The summed E-state index contributed by atoms with van der Waals surface area (Å²) in [7, 11) is 0. The molecule has 0 saturated carbocycles.